The molecule has 4 nitrogen and oxygen atoms in total. The number of hydrogen-bond acceptors (Lipinski definition) is 4. The third-order valence-electron chi connectivity index (χ3n) is 2.39. The second kappa shape index (κ2) is 4.45. The van der Waals surface area contributed by atoms with Crippen LogP contribution in [-0.4, -0.2) is 22.0 Å². The summed E-state index contributed by atoms with van der Waals surface area (Å²) in [5.41, 5.74) is 2.00. The molecule has 0 radical (unpaired) electrons. The molecule has 0 aliphatic heterocycles. The van der Waals surface area contributed by atoms with Crippen LogP contribution in [0.25, 0.3) is 11.5 Å². The lowest BCUT2D eigenvalue weighted by Gasteiger charge is -2.06. The molecule has 2 rings (SSSR count). The number of pyridine rings is 1. The van der Waals surface area contributed by atoms with Crippen LogP contribution in [0.4, 0.5) is 10.2 Å². The molecule has 0 aromatic carbocycles. The molecule has 5 heteroatoms. The zero-order chi connectivity index (χ0) is 12.4. The van der Waals surface area contributed by atoms with E-state index in [0.717, 1.165) is 5.56 Å². The smallest absolute Gasteiger partial charge is 0.186 e. The van der Waals surface area contributed by atoms with E-state index >= 15 is 0 Å². The Hall–Kier alpha value is -2.04. The molecule has 0 saturated heterocycles. The van der Waals surface area contributed by atoms with E-state index < -0.39 is 5.82 Å². The summed E-state index contributed by atoms with van der Waals surface area (Å²) in [6, 6.07) is 3.74. The summed E-state index contributed by atoms with van der Waals surface area (Å²) in [5, 5.41) is 2.70. The molecule has 17 heavy (non-hydrogen) atoms. The highest BCUT2D eigenvalue weighted by molar-refractivity contribution is 5.53. The number of anilines is 1. The molecule has 0 saturated carbocycles. The van der Waals surface area contributed by atoms with Gasteiger partial charge in [-0.3, -0.25) is 4.98 Å². The van der Waals surface area contributed by atoms with Crippen molar-refractivity contribution in [2.24, 2.45) is 0 Å². The number of aryl methyl sites for hydroxylation is 2. The summed E-state index contributed by atoms with van der Waals surface area (Å²) in [4.78, 5) is 12.4. The van der Waals surface area contributed by atoms with Crippen molar-refractivity contribution in [2.45, 2.75) is 13.8 Å². The molecule has 0 amide bonds. The Morgan fingerprint density at radius 3 is 2.53 bits per heavy atom. The molecule has 0 unspecified atom stereocenters. The molecule has 0 bridgehead atoms. The van der Waals surface area contributed by atoms with Crippen LogP contribution in [0.3, 0.4) is 0 Å². The first kappa shape index (κ1) is 11.4. The van der Waals surface area contributed by atoms with Crippen molar-refractivity contribution in [1.29, 1.82) is 0 Å². The quantitative estimate of drug-likeness (QED) is 0.863. The van der Waals surface area contributed by atoms with Gasteiger partial charge in [0.25, 0.3) is 0 Å². The Bertz CT molecular complexity index is 537. The number of aromatic nitrogens is 3. The van der Waals surface area contributed by atoms with Gasteiger partial charge in [0.05, 0.1) is 5.69 Å². The summed E-state index contributed by atoms with van der Waals surface area (Å²) in [6.07, 6.45) is 1.73. The van der Waals surface area contributed by atoms with Gasteiger partial charge in [0, 0.05) is 13.2 Å². The molecule has 0 aliphatic carbocycles. The zero-order valence-electron chi connectivity index (χ0n) is 9.95. The molecule has 88 valence electrons. The van der Waals surface area contributed by atoms with E-state index in [1.165, 1.54) is 0 Å². The van der Waals surface area contributed by atoms with Gasteiger partial charge in [-0.25, -0.2) is 14.4 Å². The third-order valence-corrected chi connectivity index (χ3v) is 2.39. The average molecular weight is 232 g/mol. The van der Waals surface area contributed by atoms with Crippen molar-refractivity contribution in [3.05, 3.63) is 35.4 Å². The van der Waals surface area contributed by atoms with Crippen molar-refractivity contribution >= 4 is 5.82 Å². The normalized spacial score (nSPS) is 10.4. The lowest BCUT2D eigenvalue weighted by atomic mass is 10.2. The largest absolute Gasteiger partial charge is 0.371 e. The van der Waals surface area contributed by atoms with Crippen molar-refractivity contribution in [3.8, 4) is 11.5 Å². The average Bonchev–Trinajstić information content (AvgIpc) is 2.33. The van der Waals surface area contributed by atoms with E-state index in [4.69, 9.17) is 0 Å². The van der Waals surface area contributed by atoms with Gasteiger partial charge in [-0.1, -0.05) is 6.07 Å². The summed E-state index contributed by atoms with van der Waals surface area (Å²) in [5.74, 6) is 0.187. The minimum Gasteiger partial charge on any atom is -0.371 e. The van der Waals surface area contributed by atoms with Crippen LogP contribution in [-0.2, 0) is 0 Å². The first-order valence-electron chi connectivity index (χ1n) is 5.26. The molecule has 0 aliphatic rings. The summed E-state index contributed by atoms with van der Waals surface area (Å²) >= 11 is 0. The number of hydrogen-bond donors (Lipinski definition) is 1. The first-order valence-corrected chi connectivity index (χ1v) is 5.26. The Morgan fingerprint density at radius 1 is 1.18 bits per heavy atom. The Morgan fingerprint density at radius 2 is 1.94 bits per heavy atom. The van der Waals surface area contributed by atoms with E-state index in [1.54, 1.807) is 20.2 Å². The fourth-order valence-corrected chi connectivity index (χ4v) is 1.44. The highest BCUT2D eigenvalue weighted by Crippen LogP contribution is 2.19. The SMILES string of the molecule is CNc1nc(-c2ccc(C)cn2)nc(C)c1F. The minimum atomic E-state index is -0.427. The third kappa shape index (κ3) is 2.22. The number of nitrogens with zero attached hydrogens (tertiary/aromatic N) is 3. The predicted octanol–water partition coefficient (Wildman–Crippen LogP) is 2.34. The maximum Gasteiger partial charge on any atom is 0.186 e. The molecule has 0 atom stereocenters. The van der Waals surface area contributed by atoms with Crippen molar-refractivity contribution < 1.29 is 4.39 Å². The second-order valence-corrected chi connectivity index (χ2v) is 3.77. The summed E-state index contributed by atoms with van der Waals surface area (Å²) < 4.78 is 13.6. The topological polar surface area (TPSA) is 50.7 Å². The van der Waals surface area contributed by atoms with Crippen LogP contribution in [0, 0.1) is 19.7 Å². The van der Waals surface area contributed by atoms with Crippen molar-refractivity contribution in [1.82, 2.24) is 15.0 Å². The monoisotopic (exact) mass is 232 g/mol. The zero-order valence-corrected chi connectivity index (χ0v) is 9.95. The van der Waals surface area contributed by atoms with Gasteiger partial charge in [-0.15, -0.1) is 0 Å². The Labute approximate surface area is 99.0 Å². The molecule has 2 aromatic rings. The Balaban J connectivity index is 2.52. The predicted molar refractivity (Wildman–Crippen MR) is 64.2 cm³/mol. The van der Waals surface area contributed by atoms with Crippen LogP contribution in [0.5, 0.6) is 0 Å². The maximum atomic E-state index is 13.6. The molecule has 1 N–H and O–H groups in total. The highest BCUT2D eigenvalue weighted by Gasteiger charge is 2.11. The van der Waals surface area contributed by atoms with Crippen LogP contribution in [0.2, 0.25) is 0 Å². The summed E-state index contributed by atoms with van der Waals surface area (Å²) in [7, 11) is 1.62. The van der Waals surface area contributed by atoms with Crippen molar-refractivity contribution in [3.63, 3.8) is 0 Å². The van der Waals surface area contributed by atoms with E-state index in [-0.39, 0.29) is 5.82 Å². The number of nitrogens with one attached hydrogen (secondary N) is 1. The number of halogens is 1. The van der Waals surface area contributed by atoms with E-state index in [9.17, 15) is 4.39 Å². The van der Waals surface area contributed by atoms with Gasteiger partial charge >= 0.3 is 0 Å². The van der Waals surface area contributed by atoms with Gasteiger partial charge < -0.3 is 5.32 Å². The van der Waals surface area contributed by atoms with Crippen molar-refractivity contribution in [2.75, 3.05) is 12.4 Å². The van der Waals surface area contributed by atoms with Gasteiger partial charge in [-0.05, 0) is 25.5 Å². The standard InChI is InChI=1S/C12H13FN4/c1-7-4-5-9(15-6-7)11-16-8(2)10(13)12(14-3)17-11/h4-6H,1-3H3,(H,14,16,17). The molecular formula is C12H13FN4. The van der Waals surface area contributed by atoms with E-state index in [1.807, 2.05) is 19.1 Å². The fourth-order valence-electron chi connectivity index (χ4n) is 1.44. The van der Waals surface area contributed by atoms with Crippen LogP contribution in [0.1, 0.15) is 11.3 Å². The van der Waals surface area contributed by atoms with E-state index in [0.29, 0.717) is 17.2 Å². The second-order valence-electron chi connectivity index (χ2n) is 3.77. The molecule has 2 heterocycles. The lowest BCUT2D eigenvalue weighted by molar-refractivity contribution is 0.607. The number of rotatable bonds is 2. The molecule has 0 spiro atoms. The van der Waals surface area contributed by atoms with Gasteiger partial charge in [0.15, 0.2) is 17.5 Å². The Kier molecular flexibility index (Phi) is 2.99. The van der Waals surface area contributed by atoms with Crippen LogP contribution in [0.15, 0.2) is 18.3 Å². The van der Waals surface area contributed by atoms with Crippen LogP contribution < -0.4 is 5.32 Å². The summed E-state index contributed by atoms with van der Waals surface area (Å²) in [6.45, 7) is 3.56. The first-order chi connectivity index (χ1) is 8.11. The fraction of sp³-hybridized carbons (Fsp3) is 0.250. The maximum absolute atomic E-state index is 13.6. The highest BCUT2D eigenvalue weighted by atomic mass is 19.1. The minimum absolute atomic E-state index is 0.190. The van der Waals surface area contributed by atoms with Gasteiger partial charge in [0.1, 0.15) is 5.69 Å². The molecule has 2 aromatic heterocycles. The lowest BCUT2D eigenvalue weighted by Crippen LogP contribution is -2.04. The van der Waals surface area contributed by atoms with Gasteiger partial charge in [-0.2, -0.15) is 0 Å². The molecular weight excluding hydrogens is 219 g/mol. The van der Waals surface area contributed by atoms with Gasteiger partial charge in [0.2, 0.25) is 0 Å². The van der Waals surface area contributed by atoms with E-state index in [2.05, 4.69) is 20.3 Å². The van der Waals surface area contributed by atoms with Crippen LogP contribution >= 0.6 is 0 Å². The molecule has 0 fully saturated rings.